The Kier molecular flexibility index (Phi) is 6.68. The molecule has 4 atom stereocenters. The molecule has 0 unspecified atom stereocenters. The fourth-order valence-electron chi connectivity index (χ4n) is 5.37. The molecule has 2 aromatic carbocycles. The average Bonchev–Trinajstić information content (AvgIpc) is 3.29. The van der Waals surface area contributed by atoms with Gasteiger partial charge in [0.2, 0.25) is 5.91 Å². The first-order valence-electron chi connectivity index (χ1n) is 10.8. The molecule has 4 rings (SSSR count). The van der Waals surface area contributed by atoms with Crippen LogP contribution >= 0.6 is 23.2 Å². The average molecular weight is 523 g/mol. The predicted molar refractivity (Wildman–Crippen MR) is 132 cm³/mol. The lowest BCUT2D eigenvalue weighted by Crippen LogP contribution is -2.37. The monoisotopic (exact) mass is 522 g/mol. The van der Waals surface area contributed by atoms with Gasteiger partial charge >= 0.3 is 5.97 Å². The first-order chi connectivity index (χ1) is 16.0. The number of carboxylic acid groups (broad SMARTS) is 1. The van der Waals surface area contributed by atoms with Crippen molar-refractivity contribution in [2.45, 2.75) is 31.6 Å². The van der Waals surface area contributed by atoms with Gasteiger partial charge in [-0.25, -0.2) is 8.42 Å². The van der Waals surface area contributed by atoms with Gasteiger partial charge < -0.3 is 10.4 Å². The van der Waals surface area contributed by atoms with Crippen molar-refractivity contribution < 1.29 is 23.1 Å². The Bertz CT molecular complexity index is 1270. The highest BCUT2D eigenvalue weighted by molar-refractivity contribution is 7.92. The number of halogens is 2. The zero-order valence-electron chi connectivity index (χ0n) is 18.5. The summed E-state index contributed by atoms with van der Waals surface area (Å²) in [6.45, 7) is 3.93. The molecule has 2 aliphatic carbocycles. The third-order valence-corrected chi connectivity index (χ3v) is 8.39. The number of fused-ring (bicyclic) bond motifs is 2. The lowest BCUT2D eigenvalue weighted by atomic mass is 9.78. The normalized spacial score (nSPS) is 23.6. The minimum atomic E-state index is -3.92. The molecule has 2 saturated carbocycles. The smallest absolute Gasteiger partial charge is 0.307 e. The number of nitrogens with one attached hydrogen (secondary N) is 2. The van der Waals surface area contributed by atoms with E-state index in [1.807, 2.05) is 13.8 Å². The molecule has 2 fully saturated rings. The second kappa shape index (κ2) is 9.24. The van der Waals surface area contributed by atoms with Crippen LogP contribution in [0.3, 0.4) is 0 Å². The van der Waals surface area contributed by atoms with Gasteiger partial charge in [-0.1, -0.05) is 34.3 Å². The van der Waals surface area contributed by atoms with Crippen LogP contribution < -0.4 is 10.0 Å². The van der Waals surface area contributed by atoms with E-state index in [4.69, 9.17) is 23.2 Å². The number of sulfonamides is 1. The van der Waals surface area contributed by atoms with Gasteiger partial charge in [-0.3, -0.25) is 14.3 Å². The standard InChI is InChI=1S/C24H24Cl2N2O5S/c1-12(2)20-18-7-8-19(20)22(24(30)31)21(18)23(29)27-15-3-5-17(6-4-15)34(32,33)28-16-10-13(25)9-14(26)11-16/h3-6,9-11,18-19,21-22,28H,7-8H2,1-2H3,(H,27,29)(H,30,31)/t18-,19-,21+,22+/m0/s1. The van der Waals surface area contributed by atoms with Crippen LogP contribution in [-0.4, -0.2) is 25.4 Å². The van der Waals surface area contributed by atoms with Crippen molar-refractivity contribution >= 4 is 56.5 Å². The van der Waals surface area contributed by atoms with Crippen molar-refractivity contribution in [3.8, 4) is 0 Å². The maximum atomic E-state index is 13.1. The minimum absolute atomic E-state index is 0.0169. The van der Waals surface area contributed by atoms with Gasteiger partial charge in [-0.15, -0.1) is 0 Å². The Hall–Kier alpha value is -2.55. The van der Waals surface area contributed by atoms with Crippen LogP contribution in [0.4, 0.5) is 11.4 Å². The summed E-state index contributed by atoms with van der Waals surface area (Å²) in [4.78, 5) is 25.1. The summed E-state index contributed by atoms with van der Waals surface area (Å²) in [7, 11) is -3.92. The maximum absolute atomic E-state index is 13.1. The fourth-order valence-corrected chi connectivity index (χ4v) is 6.94. The Morgan fingerprint density at radius 1 is 0.912 bits per heavy atom. The summed E-state index contributed by atoms with van der Waals surface area (Å²) < 4.78 is 27.9. The zero-order valence-corrected chi connectivity index (χ0v) is 20.8. The zero-order chi connectivity index (χ0) is 24.8. The van der Waals surface area contributed by atoms with Gasteiger partial charge in [0.05, 0.1) is 22.4 Å². The van der Waals surface area contributed by atoms with Crippen LogP contribution in [0.15, 0.2) is 58.5 Å². The SMILES string of the molecule is CC(C)=C1[C@@H]2CC[C@@H]1[C@@H](C(=O)Nc1ccc(S(=O)(=O)Nc3cc(Cl)cc(Cl)c3)cc1)[C@@H]2C(=O)O. The van der Waals surface area contributed by atoms with E-state index in [0.29, 0.717) is 15.7 Å². The van der Waals surface area contributed by atoms with Gasteiger partial charge in [0.15, 0.2) is 0 Å². The number of aliphatic carboxylic acids is 1. The van der Waals surface area contributed by atoms with Crippen LogP contribution in [0, 0.1) is 23.7 Å². The van der Waals surface area contributed by atoms with E-state index in [1.165, 1.54) is 42.5 Å². The van der Waals surface area contributed by atoms with Crippen molar-refractivity contribution in [1.82, 2.24) is 0 Å². The number of rotatable bonds is 6. The highest BCUT2D eigenvalue weighted by Gasteiger charge is 2.57. The van der Waals surface area contributed by atoms with Crippen molar-refractivity contribution in [3.63, 3.8) is 0 Å². The van der Waals surface area contributed by atoms with Crippen LogP contribution in [-0.2, 0) is 19.6 Å². The predicted octanol–water partition coefficient (Wildman–Crippen LogP) is 5.43. The second-order valence-electron chi connectivity index (χ2n) is 8.91. The number of allylic oxidation sites excluding steroid dienone is 2. The van der Waals surface area contributed by atoms with E-state index in [9.17, 15) is 23.1 Å². The van der Waals surface area contributed by atoms with E-state index in [1.54, 1.807) is 0 Å². The molecule has 2 aromatic rings. The van der Waals surface area contributed by atoms with E-state index < -0.39 is 27.8 Å². The number of hydrogen-bond donors (Lipinski definition) is 3. The number of amides is 1. The fraction of sp³-hybridized carbons (Fsp3) is 0.333. The first kappa shape index (κ1) is 24.6. The van der Waals surface area contributed by atoms with Crippen LogP contribution in [0.5, 0.6) is 0 Å². The Balaban J connectivity index is 1.51. The van der Waals surface area contributed by atoms with Crippen LogP contribution in [0.2, 0.25) is 10.0 Å². The third-order valence-electron chi connectivity index (χ3n) is 6.55. The molecule has 10 heteroatoms. The largest absolute Gasteiger partial charge is 0.481 e. The molecule has 7 nitrogen and oxygen atoms in total. The van der Waals surface area contributed by atoms with E-state index >= 15 is 0 Å². The van der Waals surface area contributed by atoms with E-state index in [2.05, 4.69) is 10.0 Å². The van der Waals surface area contributed by atoms with Crippen LogP contribution in [0.1, 0.15) is 26.7 Å². The molecule has 3 N–H and O–H groups in total. The molecule has 0 saturated heterocycles. The molecule has 34 heavy (non-hydrogen) atoms. The summed E-state index contributed by atoms with van der Waals surface area (Å²) in [5, 5.41) is 13.2. The molecule has 1 amide bonds. The topological polar surface area (TPSA) is 113 Å². The minimum Gasteiger partial charge on any atom is -0.481 e. The van der Waals surface area contributed by atoms with Gasteiger partial charge in [0, 0.05) is 15.7 Å². The lowest BCUT2D eigenvalue weighted by Gasteiger charge is -2.26. The van der Waals surface area contributed by atoms with Gasteiger partial charge in [-0.2, -0.15) is 0 Å². The van der Waals surface area contributed by atoms with Crippen molar-refractivity contribution in [3.05, 3.63) is 63.7 Å². The molecule has 2 bridgehead atoms. The highest BCUT2D eigenvalue weighted by Crippen LogP contribution is 2.57. The van der Waals surface area contributed by atoms with Crippen LogP contribution in [0.25, 0.3) is 0 Å². The molecule has 180 valence electrons. The molecule has 0 aliphatic heterocycles. The number of carboxylic acids is 1. The first-order valence-corrected chi connectivity index (χ1v) is 13.0. The van der Waals surface area contributed by atoms with Gasteiger partial charge in [0.1, 0.15) is 0 Å². The summed E-state index contributed by atoms with van der Waals surface area (Å²) in [6, 6.07) is 10.0. The number of hydrogen-bond acceptors (Lipinski definition) is 4. The Morgan fingerprint density at radius 2 is 1.47 bits per heavy atom. The number of anilines is 2. The third kappa shape index (κ3) is 4.67. The molecule has 0 radical (unpaired) electrons. The summed E-state index contributed by atoms with van der Waals surface area (Å²) in [5.41, 5.74) is 2.79. The number of benzene rings is 2. The van der Waals surface area contributed by atoms with E-state index in [-0.39, 0.29) is 28.3 Å². The van der Waals surface area contributed by atoms with E-state index in [0.717, 1.165) is 24.0 Å². The lowest BCUT2D eigenvalue weighted by molar-refractivity contribution is -0.148. The molecule has 0 aromatic heterocycles. The van der Waals surface area contributed by atoms with Crippen molar-refractivity contribution in [1.29, 1.82) is 0 Å². The number of carbonyl (C=O) groups is 2. The summed E-state index contributed by atoms with van der Waals surface area (Å²) in [6.07, 6.45) is 1.58. The quantitative estimate of drug-likeness (QED) is 0.438. The van der Waals surface area contributed by atoms with Crippen molar-refractivity contribution in [2.24, 2.45) is 23.7 Å². The van der Waals surface area contributed by atoms with Gasteiger partial charge in [-0.05, 0) is 81.0 Å². The Labute approximate surface area is 208 Å². The molecule has 0 heterocycles. The second-order valence-corrected chi connectivity index (χ2v) is 11.5. The Morgan fingerprint density at radius 3 is 2.00 bits per heavy atom. The molecule has 2 aliphatic rings. The summed E-state index contributed by atoms with van der Waals surface area (Å²) in [5.74, 6) is -2.91. The number of carbonyl (C=O) groups excluding carboxylic acids is 1. The molecular weight excluding hydrogens is 499 g/mol. The van der Waals surface area contributed by atoms with Crippen molar-refractivity contribution in [2.75, 3.05) is 10.0 Å². The highest BCUT2D eigenvalue weighted by atomic mass is 35.5. The molecular formula is C24H24Cl2N2O5S. The van der Waals surface area contributed by atoms with Gasteiger partial charge in [0.25, 0.3) is 10.0 Å². The summed E-state index contributed by atoms with van der Waals surface area (Å²) >= 11 is 11.9. The molecule has 0 spiro atoms. The maximum Gasteiger partial charge on any atom is 0.307 e.